The number of nitrogen functional groups attached to an aromatic ring is 1. The van der Waals surface area contributed by atoms with Gasteiger partial charge in [0.1, 0.15) is 0 Å². The molecule has 2 aromatic heterocycles. The van der Waals surface area contributed by atoms with E-state index in [1.165, 1.54) is 4.88 Å². The summed E-state index contributed by atoms with van der Waals surface area (Å²) >= 11 is 7.79. The summed E-state index contributed by atoms with van der Waals surface area (Å²) in [6, 6.07) is 10.2. The van der Waals surface area contributed by atoms with Gasteiger partial charge in [-0.15, -0.1) is 11.3 Å². The van der Waals surface area contributed by atoms with Crippen molar-refractivity contribution in [1.29, 1.82) is 0 Å². The molecule has 0 aliphatic heterocycles. The van der Waals surface area contributed by atoms with Gasteiger partial charge in [0.2, 0.25) is 5.95 Å². The van der Waals surface area contributed by atoms with Gasteiger partial charge in [-0.2, -0.15) is 0 Å². The molecule has 0 amide bonds. The monoisotopic (exact) mass is 305 g/mol. The number of nitrogens with two attached hydrogens (primary N) is 1. The van der Waals surface area contributed by atoms with Crippen LogP contribution < -0.4 is 5.73 Å². The molecule has 0 aliphatic carbocycles. The Morgan fingerprint density at radius 2 is 2.25 bits per heavy atom. The molecule has 0 aliphatic rings. The van der Waals surface area contributed by atoms with E-state index in [4.69, 9.17) is 17.3 Å². The predicted molar refractivity (Wildman–Crippen MR) is 86.5 cm³/mol. The summed E-state index contributed by atoms with van der Waals surface area (Å²) < 4.78 is 2.13. The average molecular weight is 306 g/mol. The molecule has 0 spiro atoms. The van der Waals surface area contributed by atoms with Crippen LogP contribution in [0.3, 0.4) is 0 Å². The van der Waals surface area contributed by atoms with Crippen LogP contribution in [0.4, 0.5) is 5.95 Å². The number of fused-ring (bicyclic) bond motifs is 1. The van der Waals surface area contributed by atoms with E-state index >= 15 is 0 Å². The van der Waals surface area contributed by atoms with Crippen LogP contribution in [0.25, 0.3) is 11.0 Å². The van der Waals surface area contributed by atoms with Crippen molar-refractivity contribution in [3.8, 4) is 0 Å². The Balaban J connectivity index is 2.18. The molecule has 3 rings (SSSR count). The highest BCUT2D eigenvalue weighted by Gasteiger charge is 2.19. The van der Waals surface area contributed by atoms with Crippen LogP contribution in [-0.4, -0.2) is 9.55 Å². The van der Waals surface area contributed by atoms with E-state index in [1.54, 1.807) is 11.3 Å². The highest BCUT2D eigenvalue weighted by molar-refractivity contribution is 7.10. The lowest BCUT2D eigenvalue weighted by Crippen LogP contribution is -2.12. The molecule has 2 N–H and O–H groups in total. The number of anilines is 1. The number of hydrogen-bond acceptors (Lipinski definition) is 3. The Morgan fingerprint density at radius 3 is 2.95 bits per heavy atom. The van der Waals surface area contributed by atoms with E-state index in [0.717, 1.165) is 23.9 Å². The second-order valence-electron chi connectivity index (χ2n) is 4.79. The third kappa shape index (κ3) is 2.30. The molecule has 20 heavy (non-hydrogen) atoms. The minimum absolute atomic E-state index is 0.242. The standard InChI is InChI=1S/C15H16ClN3S/c1-2-4-13(14-5-3-8-20-14)19-12-7-6-10(16)9-11(12)18-15(19)17/h3,5-9,13H,2,4H2,1H3,(H2,17,18). The first-order valence-corrected chi connectivity index (χ1v) is 7.93. The van der Waals surface area contributed by atoms with Crippen molar-refractivity contribution in [2.45, 2.75) is 25.8 Å². The first-order valence-electron chi connectivity index (χ1n) is 6.67. The van der Waals surface area contributed by atoms with E-state index in [2.05, 4.69) is 34.0 Å². The summed E-state index contributed by atoms with van der Waals surface area (Å²) in [5.74, 6) is 0.550. The van der Waals surface area contributed by atoms with Gasteiger partial charge in [-0.25, -0.2) is 4.98 Å². The Kier molecular flexibility index (Phi) is 3.68. The molecule has 1 atom stereocenters. The Hall–Kier alpha value is -1.52. The molecule has 3 nitrogen and oxygen atoms in total. The SMILES string of the molecule is CCCC(c1cccs1)n1c(N)nc2cc(Cl)ccc21. The van der Waals surface area contributed by atoms with E-state index in [9.17, 15) is 0 Å². The lowest BCUT2D eigenvalue weighted by molar-refractivity contribution is 0.560. The van der Waals surface area contributed by atoms with Crippen molar-refractivity contribution in [3.05, 3.63) is 45.6 Å². The van der Waals surface area contributed by atoms with Crippen LogP contribution in [0.2, 0.25) is 5.02 Å². The maximum atomic E-state index is 6.15. The number of benzene rings is 1. The van der Waals surface area contributed by atoms with Crippen molar-refractivity contribution in [2.24, 2.45) is 0 Å². The van der Waals surface area contributed by atoms with Gasteiger partial charge in [-0.3, -0.25) is 0 Å². The van der Waals surface area contributed by atoms with E-state index in [1.807, 2.05) is 18.2 Å². The first-order chi connectivity index (χ1) is 9.70. The summed E-state index contributed by atoms with van der Waals surface area (Å²) in [5, 5.41) is 2.79. The number of thiophene rings is 1. The molecule has 1 aromatic carbocycles. The minimum Gasteiger partial charge on any atom is -0.369 e. The molecule has 1 unspecified atom stereocenters. The zero-order chi connectivity index (χ0) is 14.1. The van der Waals surface area contributed by atoms with Crippen LogP contribution in [0.15, 0.2) is 35.7 Å². The van der Waals surface area contributed by atoms with Gasteiger partial charge >= 0.3 is 0 Å². The molecule has 0 bridgehead atoms. The van der Waals surface area contributed by atoms with Crippen molar-refractivity contribution >= 4 is 39.9 Å². The summed E-state index contributed by atoms with van der Waals surface area (Å²) in [7, 11) is 0. The molecule has 0 saturated carbocycles. The van der Waals surface area contributed by atoms with Gasteiger partial charge in [0, 0.05) is 9.90 Å². The lowest BCUT2D eigenvalue weighted by atomic mass is 10.1. The fourth-order valence-electron chi connectivity index (χ4n) is 2.57. The van der Waals surface area contributed by atoms with Crippen LogP contribution >= 0.6 is 22.9 Å². The number of halogens is 1. The quantitative estimate of drug-likeness (QED) is 0.757. The Bertz CT molecular complexity index is 718. The summed E-state index contributed by atoms with van der Waals surface area (Å²) in [6.45, 7) is 2.19. The summed E-state index contributed by atoms with van der Waals surface area (Å²) in [4.78, 5) is 5.76. The topological polar surface area (TPSA) is 43.8 Å². The van der Waals surface area contributed by atoms with E-state index in [-0.39, 0.29) is 6.04 Å². The maximum absolute atomic E-state index is 6.15. The molecule has 5 heteroatoms. The predicted octanol–water partition coefficient (Wildman–Crippen LogP) is 4.72. The second kappa shape index (κ2) is 5.46. The highest BCUT2D eigenvalue weighted by atomic mass is 35.5. The van der Waals surface area contributed by atoms with Gasteiger partial charge in [0.25, 0.3) is 0 Å². The van der Waals surface area contributed by atoms with Crippen LogP contribution in [0.1, 0.15) is 30.7 Å². The van der Waals surface area contributed by atoms with Gasteiger partial charge in [-0.05, 0) is 36.1 Å². The molecule has 0 fully saturated rings. The zero-order valence-corrected chi connectivity index (χ0v) is 12.8. The fourth-order valence-corrected chi connectivity index (χ4v) is 3.59. The molecule has 104 valence electrons. The lowest BCUT2D eigenvalue weighted by Gasteiger charge is -2.19. The molecular weight excluding hydrogens is 290 g/mol. The van der Waals surface area contributed by atoms with Crippen LogP contribution in [0.5, 0.6) is 0 Å². The molecular formula is C15H16ClN3S. The number of imidazole rings is 1. The maximum Gasteiger partial charge on any atom is 0.201 e. The van der Waals surface area contributed by atoms with Crippen molar-refractivity contribution in [1.82, 2.24) is 9.55 Å². The third-order valence-electron chi connectivity index (χ3n) is 3.42. The van der Waals surface area contributed by atoms with Crippen LogP contribution in [0, 0.1) is 0 Å². The molecule has 3 aromatic rings. The van der Waals surface area contributed by atoms with E-state index < -0.39 is 0 Å². The Morgan fingerprint density at radius 1 is 1.40 bits per heavy atom. The van der Waals surface area contributed by atoms with Gasteiger partial charge in [-0.1, -0.05) is 31.0 Å². The minimum atomic E-state index is 0.242. The van der Waals surface area contributed by atoms with E-state index in [0.29, 0.717) is 11.0 Å². The summed E-state index contributed by atoms with van der Waals surface area (Å²) in [6.07, 6.45) is 2.13. The van der Waals surface area contributed by atoms with Crippen LogP contribution in [-0.2, 0) is 0 Å². The normalized spacial score (nSPS) is 12.9. The fraction of sp³-hybridized carbons (Fsp3) is 0.267. The third-order valence-corrected chi connectivity index (χ3v) is 4.63. The van der Waals surface area contributed by atoms with Gasteiger partial charge in [0.05, 0.1) is 17.1 Å². The van der Waals surface area contributed by atoms with Crippen molar-refractivity contribution in [3.63, 3.8) is 0 Å². The van der Waals surface area contributed by atoms with Crippen molar-refractivity contribution < 1.29 is 0 Å². The molecule has 2 heterocycles. The number of hydrogen-bond donors (Lipinski definition) is 1. The zero-order valence-electron chi connectivity index (χ0n) is 11.2. The van der Waals surface area contributed by atoms with Crippen molar-refractivity contribution in [2.75, 3.05) is 5.73 Å². The smallest absolute Gasteiger partial charge is 0.201 e. The summed E-state index contributed by atoms with van der Waals surface area (Å²) in [5.41, 5.74) is 8.05. The second-order valence-corrected chi connectivity index (χ2v) is 6.21. The highest BCUT2D eigenvalue weighted by Crippen LogP contribution is 2.33. The first kappa shape index (κ1) is 13.5. The molecule has 0 radical (unpaired) electrons. The average Bonchev–Trinajstić information content (AvgIpc) is 3.03. The van der Waals surface area contributed by atoms with Gasteiger partial charge < -0.3 is 10.3 Å². The number of rotatable bonds is 4. The number of aromatic nitrogens is 2. The Labute approximate surface area is 127 Å². The largest absolute Gasteiger partial charge is 0.369 e. The number of nitrogens with zero attached hydrogens (tertiary/aromatic N) is 2. The van der Waals surface area contributed by atoms with Gasteiger partial charge in [0.15, 0.2) is 0 Å². The molecule has 0 saturated heterocycles.